The van der Waals surface area contributed by atoms with Gasteiger partial charge in [-0.25, -0.2) is 9.59 Å². The van der Waals surface area contributed by atoms with Gasteiger partial charge in [0.1, 0.15) is 0 Å². The topological polar surface area (TPSA) is 102 Å². The van der Waals surface area contributed by atoms with Gasteiger partial charge in [-0.3, -0.25) is 14.3 Å². The maximum Gasteiger partial charge on any atom is 0.340 e. The highest BCUT2D eigenvalue weighted by Crippen LogP contribution is 2.14. The van der Waals surface area contributed by atoms with Crippen molar-refractivity contribution in [3.8, 4) is 0 Å². The monoisotopic (exact) mass is 388 g/mol. The zero-order valence-corrected chi connectivity index (χ0v) is 15.7. The van der Waals surface area contributed by atoms with Crippen LogP contribution in [0.15, 0.2) is 59.5 Å². The summed E-state index contributed by atoms with van der Waals surface area (Å²) < 4.78 is 16.8. The lowest BCUT2D eigenvalue weighted by Crippen LogP contribution is -2.44. The SMILES string of the molecule is C[C@H](OC(=O)c1ccccc1[S@](C)=O)C(=O)NC(=O)NCc1ccccc1. The molecule has 2 rings (SSSR count). The Morgan fingerprint density at radius 1 is 1.04 bits per heavy atom. The Morgan fingerprint density at radius 3 is 2.33 bits per heavy atom. The van der Waals surface area contributed by atoms with Gasteiger partial charge in [0.15, 0.2) is 6.10 Å². The van der Waals surface area contributed by atoms with Gasteiger partial charge in [-0.15, -0.1) is 0 Å². The minimum absolute atomic E-state index is 0.117. The molecule has 142 valence electrons. The molecule has 0 aliphatic heterocycles. The van der Waals surface area contributed by atoms with Crippen LogP contribution in [0.2, 0.25) is 0 Å². The molecule has 0 radical (unpaired) electrons. The number of ether oxygens (including phenoxy) is 1. The third-order valence-electron chi connectivity index (χ3n) is 3.60. The van der Waals surface area contributed by atoms with E-state index in [1.807, 2.05) is 30.3 Å². The van der Waals surface area contributed by atoms with Gasteiger partial charge in [-0.05, 0) is 24.6 Å². The quantitative estimate of drug-likeness (QED) is 0.737. The van der Waals surface area contributed by atoms with E-state index in [-0.39, 0.29) is 12.1 Å². The summed E-state index contributed by atoms with van der Waals surface area (Å²) in [4.78, 5) is 36.4. The van der Waals surface area contributed by atoms with Crippen LogP contribution in [0.3, 0.4) is 0 Å². The first kappa shape index (κ1) is 20.3. The molecule has 8 heteroatoms. The third kappa shape index (κ3) is 6.03. The summed E-state index contributed by atoms with van der Waals surface area (Å²) in [6, 6.07) is 14.8. The Kier molecular flexibility index (Phi) is 7.25. The van der Waals surface area contributed by atoms with Gasteiger partial charge in [0.2, 0.25) is 0 Å². The molecule has 0 aliphatic carbocycles. The molecule has 2 aromatic carbocycles. The summed E-state index contributed by atoms with van der Waals surface area (Å²) in [6.45, 7) is 1.60. The van der Waals surface area contributed by atoms with Crippen LogP contribution >= 0.6 is 0 Å². The molecule has 7 nitrogen and oxygen atoms in total. The zero-order valence-electron chi connectivity index (χ0n) is 14.9. The second-order valence-electron chi connectivity index (χ2n) is 5.66. The summed E-state index contributed by atoms with van der Waals surface area (Å²) >= 11 is 0. The number of amides is 3. The van der Waals surface area contributed by atoms with Crippen LogP contribution in [-0.2, 0) is 26.9 Å². The van der Waals surface area contributed by atoms with Crippen molar-refractivity contribution in [3.63, 3.8) is 0 Å². The van der Waals surface area contributed by atoms with E-state index >= 15 is 0 Å². The first-order chi connectivity index (χ1) is 12.9. The standard InChI is InChI=1S/C19H20N2O5S/c1-13(26-18(23)15-10-6-7-11-16(15)27(2)25)17(22)21-19(24)20-12-14-8-4-3-5-9-14/h3-11,13H,12H2,1-2H3,(H2,20,21,22,24)/t13-,27-/m0/s1. The molecular formula is C19H20N2O5S. The summed E-state index contributed by atoms with van der Waals surface area (Å²) in [5, 5.41) is 4.66. The van der Waals surface area contributed by atoms with Crippen LogP contribution in [0.25, 0.3) is 0 Å². The van der Waals surface area contributed by atoms with E-state index in [2.05, 4.69) is 10.6 Å². The summed E-state index contributed by atoms with van der Waals surface area (Å²) in [6.07, 6.45) is 0.248. The number of urea groups is 1. The lowest BCUT2D eigenvalue weighted by Gasteiger charge is -2.14. The lowest BCUT2D eigenvalue weighted by molar-refractivity contribution is -0.127. The molecule has 0 saturated carbocycles. The van der Waals surface area contributed by atoms with Crippen LogP contribution in [0, 0.1) is 0 Å². The van der Waals surface area contributed by atoms with E-state index in [9.17, 15) is 18.6 Å². The Balaban J connectivity index is 1.89. The summed E-state index contributed by atoms with van der Waals surface area (Å²) in [7, 11) is -1.38. The first-order valence-corrected chi connectivity index (χ1v) is 9.70. The van der Waals surface area contributed by atoms with Crippen molar-refractivity contribution in [1.82, 2.24) is 10.6 Å². The largest absolute Gasteiger partial charge is 0.449 e. The number of hydrogen-bond donors (Lipinski definition) is 2. The number of hydrogen-bond acceptors (Lipinski definition) is 5. The number of carbonyl (C=O) groups excluding carboxylic acids is 3. The molecule has 0 aliphatic rings. The molecule has 2 N–H and O–H groups in total. The van der Waals surface area contributed by atoms with Gasteiger partial charge < -0.3 is 10.1 Å². The second-order valence-corrected chi connectivity index (χ2v) is 7.00. The van der Waals surface area contributed by atoms with Crippen molar-refractivity contribution in [3.05, 3.63) is 65.7 Å². The molecular weight excluding hydrogens is 368 g/mol. The fourth-order valence-electron chi connectivity index (χ4n) is 2.20. The molecule has 0 spiro atoms. The maximum atomic E-state index is 12.2. The summed E-state index contributed by atoms with van der Waals surface area (Å²) in [5.74, 6) is -1.54. The van der Waals surface area contributed by atoms with E-state index in [1.54, 1.807) is 18.2 Å². The fraction of sp³-hybridized carbons (Fsp3) is 0.211. The van der Waals surface area contributed by atoms with Crippen LogP contribution in [0.5, 0.6) is 0 Å². The normalized spacial score (nSPS) is 12.5. The van der Waals surface area contributed by atoms with E-state index in [0.717, 1.165) is 5.56 Å². The number of carbonyl (C=O) groups is 3. The Morgan fingerprint density at radius 2 is 1.67 bits per heavy atom. The highest BCUT2D eigenvalue weighted by atomic mass is 32.2. The van der Waals surface area contributed by atoms with Gasteiger partial charge >= 0.3 is 12.0 Å². The van der Waals surface area contributed by atoms with Crippen molar-refractivity contribution in [2.24, 2.45) is 0 Å². The molecule has 27 heavy (non-hydrogen) atoms. The average Bonchev–Trinajstić information content (AvgIpc) is 2.67. The Labute approximate surface area is 159 Å². The van der Waals surface area contributed by atoms with Crippen LogP contribution < -0.4 is 10.6 Å². The predicted octanol–water partition coefficient (Wildman–Crippen LogP) is 2.00. The molecule has 0 heterocycles. The highest BCUT2D eigenvalue weighted by molar-refractivity contribution is 7.84. The molecule has 0 fully saturated rings. The van der Waals surface area contributed by atoms with Crippen molar-refractivity contribution in [1.29, 1.82) is 0 Å². The second kappa shape index (κ2) is 9.63. The average molecular weight is 388 g/mol. The molecule has 2 atom stereocenters. The highest BCUT2D eigenvalue weighted by Gasteiger charge is 2.22. The lowest BCUT2D eigenvalue weighted by atomic mass is 10.2. The van der Waals surface area contributed by atoms with Crippen LogP contribution in [0.4, 0.5) is 4.79 Å². The van der Waals surface area contributed by atoms with Gasteiger partial charge in [-0.1, -0.05) is 42.5 Å². The minimum atomic E-state index is -1.38. The molecule has 0 aromatic heterocycles. The van der Waals surface area contributed by atoms with Crippen LogP contribution in [-0.4, -0.2) is 34.5 Å². The van der Waals surface area contributed by atoms with E-state index in [1.165, 1.54) is 19.2 Å². The first-order valence-electron chi connectivity index (χ1n) is 8.14. The zero-order chi connectivity index (χ0) is 19.8. The molecule has 3 amide bonds. The van der Waals surface area contributed by atoms with Crippen molar-refractivity contribution in [2.45, 2.75) is 24.5 Å². The smallest absolute Gasteiger partial charge is 0.340 e. The van der Waals surface area contributed by atoms with Gasteiger partial charge in [-0.2, -0.15) is 0 Å². The van der Waals surface area contributed by atoms with Gasteiger partial charge in [0.25, 0.3) is 5.91 Å². The van der Waals surface area contributed by atoms with E-state index < -0.39 is 34.8 Å². The number of rotatable bonds is 6. The molecule has 2 aromatic rings. The Bertz CT molecular complexity index is 854. The molecule has 0 saturated heterocycles. The minimum Gasteiger partial charge on any atom is -0.449 e. The predicted molar refractivity (Wildman–Crippen MR) is 100 cm³/mol. The fourth-order valence-corrected chi connectivity index (χ4v) is 2.93. The third-order valence-corrected chi connectivity index (χ3v) is 4.58. The molecule has 0 unspecified atom stereocenters. The maximum absolute atomic E-state index is 12.2. The van der Waals surface area contributed by atoms with E-state index in [0.29, 0.717) is 4.90 Å². The van der Waals surface area contributed by atoms with Gasteiger partial charge in [0.05, 0.1) is 21.3 Å². The molecule has 0 bridgehead atoms. The number of benzene rings is 2. The number of imide groups is 1. The van der Waals surface area contributed by atoms with E-state index in [4.69, 9.17) is 4.74 Å². The number of nitrogens with one attached hydrogen (secondary N) is 2. The Hall–Kier alpha value is -3.00. The van der Waals surface area contributed by atoms with Crippen LogP contribution in [0.1, 0.15) is 22.8 Å². The van der Waals surface area contributed by atoms with Gasteiger partial charge in [0, 0.05) is 12.8 Å². The van der Waals surface area contributed by atoms with Crippen molar-refractivity contribution >= 4 is 28.7 Å². The van der Waals surface area contributed by atoms with Crippen molar-refractivity contribution < 1.29 is 23.3 Å². The van der Waals surface area contributed by atoms with Crippen molar-refractivity contribution in [2.75, 3.05) is 6.26 Å². The summed E-state index contributed by atoms with van der Waals surface area (Å²) in [5.41, 5.74) is 0.996. The number of esters is 1.